The normalized spacial score (nSPS) is 17.9. The minimum absolute atomic E-state index is 0.130. The highest BCUT2D eigenvalue weighted by Gasteiger charge is 2.38. The Bertz CT molecular complexity index is 385. The van der Waals surface area contributed by atoms with Gasteiger partial charge in [-0.15, -0.1) is 0 Å². The molecule has 1 fully saturated rings. The summed E-state index contributed by atoms with van der Waals surface area (Å²) in [7, 11) is 1.98. The molecule has 0 amide bonds. The Kier molecular flexibility index (Phi) is 2.44. The fourth-order valence-electron chi connectivity index (χ4n) is 2.07. The first-order chi connectivity index (χ1) is 7.15. The summed E-state index contributed by atoms with van der Waals surface area (Å²) in [5.41, 5.74) is -0.130. The number of hydrogen-bond donors (Lipinski definition) is 0. The van der Waals surface area contributed by atoms with Crippen LogP contribution in [0.2, 0.25) is 0 Å². The van der Waals surface area contributed by atoms with Gasteiger partial charge in [0.25, 0.3) is 0 Å². The first-order valence-electron chi connectivity index (χ1n) is 5.34. The molecule has 0 N–H and O–H groups in total. The molecule has 1 saturated carbocycles. The van der Waals surface area contributed by atoms with Crippen molar-refractivity contribution < 1.29 is 4.42 Å². The van der Waals surface area contributed by atoms with Gasteiger partial charge in [-0.2, -0.15) is 5.26 Å². The van der Waals surface area contributed by atoms with Crippen molar-refractivity contribution in [1.29, 1.82) is 5.26 Å². The second-order valence-electron chi connectivity index (χ2n) is 4.49. The van der Waals surface area contributed by atoms with E-state index in [1.807, 2.05) is 31.0 Å². The van der Waals surface area contributed by atoms with Gasteiger partial charge >= 0.3 is 0 Å². The van der Waals surface area contributed by atoms with Gasteiger partial charge in [-0.3, -0.25) is 0 Å². The predicted molar refractivity (Wildman–Crippen MR) is 58.6 cm³/mol. The molecule has 15 heavy (non-hydrogen) atoms. The van der Waals surface area contributed by atoms with Crippen LogP contribution in [-0.4, -0.2) is 13.6 Å². The molecule has 0 unspecified atom stereocenters. The molecular formula is C12H16N2O. The Labute approximate surface area is 90.3 Å². The van der Waals surface area contributed by atoms with Crippen molar-refractivity contribution in [2.24, 2.45) is 5.41 Å². The van der Waals surface area contributed by atoms with Crippen LogP contribution >= 0.6 is 0 Å². The fraction of sp³-hybridized carbons (Fsp3) is 0.583. The Hall–Kier alpha value is -1.43. The van der Waals surface area contributed by atoms with E-state index in [2.05, 4.69) is 6.07 Å². The van der Waals surface area contributed by atoms with Crippen molar-refractivity contribution in [3.63, 3.8) is 0 Å². The molecule has 1 heterocycles. The summed E-state index contributed by atoms with van der Waals surface area (Å²) in [6.07, 6.45) is 3.22. The number of anilines is 1. The van der Waals surface area contributed by atoms with E-state index in [0.29, 0.717) is 0 Å². The van der Waals surface area contributed by atoms with Crippen molar-refractivity contribution in [2.45, 2.75) is 26.2 Å². The lowest BCUT2D eigenvalue weighted by Gasteiger charge is -2.38. The third-order valence-electron chi connectivity index (χ3n) is 3.19. The largest absolute Gasteiger partial charge is 0.446 e. The van der Waals surface area contributed by atoms with E-state index in [1.54, 1.807) is 0 Å². The lowest BCUT2D eigenvalue weighted by Crippen LogP contribution is -2.39. The van der Waals surface area contributed by atoms with E-state index in [0.717, 1.165) is 31.0 Å². The maximum atomic E-state index is 9.13. The molecule has 0 aliphatic heterocycles. The molecule has 1 aromatic rings. The van der Waals surface area contributed by atoms with Crippen LogP contribution in [-0.2, 0) is 0 Å². The first-order valence-corrected chi connectivity index (χ1v) is 5.34. The molecular weight excluding hydrogens is 188 g/mol. The third-order valence-corrected chi connectivity index (χ3v) is 3.19. The summed E-state index contributed by atoms with van der Waals surface area (Å²) < 4.78 is 5.52. The molecule has 3 heteroatoms. The molecule has 80 valence electrons. The van der Waals surface area contributed by atoms with Gasteiger partial charge in [0.1, 0.15) is 5.76 Å². The maximum Gasteiger partial charge on any atom is 0.195 e. The quantitative estimate of drug-likeness (QED) is 0.760. The van der Waals surface area contributed by atoms with Crippen LogP contribution in [0.25, 0.3) is 0 Å². The van der Waals surface area contributed by atoms with Crippen molar-refractivity contribution in [3.8, 4) is 6.07 Å². The Balaban J connectivity index is 2.04. The summed E-state index contributed by atoms with van der Waals surface area (Å²) in [5.74, 6) is 1.77. The highest BCUT2D eigenvalue weighted by Crippen LogP contribution is 2.41. The summed E-state index contributed by atoms with van der Waals surface area (Å²) in [6.45, 7) is 2.71. The molecule has 0 aromatic carbocycles. The molecule has 0 saturated heterocycles. The Morgan fingerprint density at radius 1 is 1.53 bits per heavy atom. The standard InChI is InChI=1S/C12H16N2O/c1-10-4-5-11(15-10)14(2)9-12(8-13)6-3-7-12/h4-5H,3,6-7,9H2,1-2H3. The number of aryl methyl sites for hydroxylation is 1. The smallest absolute Gasteiger partial charge is 0.195 e. The van der Waals surface area contributed by atoms with Crippen LogP contribution in [0.1, 0.15) is 25.0 Å². The highest BCUT2D eigenvalue weighted by molar-refractivity contribution is 5.36. The SMILES string of the molecule is Cc1ccc(N(C)CC2(C#N)CCC2)o1. The van der Waals surface area contributed by atoms with Crippen molar-refractivity contribution in [1.82, 2.24) is 0 Å². The van der Waals surface area contributed by atoms with Gasteiger partial charge in [0.2, 0.25) is 0 Å². The van der Waals surface area contributed by atoms with Crippen LogP contribution < -0.4 is 4.90 Å². The lowest BCUT2D eigenvalue weighted by atomic mass is 9.70. The van der Waals surface area contributed by atoms with E-state index < -0.39 is 0 Å². The molecule has 3 nitrogen and oxygen atoms in total. The van der Waals surface area contributed by atoms with Crippen LogP contribution in [0.5, 0.6) is 0 Å². The predicted octanol–water partition coefficient (Wildman–Crippen LogP) is 2.72. The molecule has 0 radical (unpaired) electrons. The number of nitriles is 1. The van der Waals surface area contributed by atoms with Gasteiger partial charge in [-0.25, -0.2) is 0 Å². The zero-order valence-corrected chi connectivity index (χ0v) is 9.29. The lowest BCUT2D eigenvalue weighted by molar-refractivity contribution is 0.220. The van der Waals surface area contributed by atoms with Crippen molar-refractivity contribution >= 4 is 5.88 Å². The fourth-order valence-corrected chi connectivity index (χ4v) is 2.07. The monoisotopic (exact) mass is 204 g/mol. The van der Waals surface area contributed by atoms with Crippen molar-refractivity contribution in [3.05, 3.63) is 17.9 Å². The van der Waals surface area contributed by atoms with Crippen LogP contribution in [0.3, 0.4) is 0 Å². The minimum Gasteiger partial charge on any atom is -0.446 e. The Morgan fingerprint density at radius 3 is 2.67 bits per heavy atom. The van der Waals surface area contributed by atoms with Crippen LogP contribution in [0.15, 0.2) is 16.5 Å². The van der Waals surface area contributed by atoms with Crippen LogP contribution in [0.4, 0.5) is 5.88 Å². The summed E-state index contributed by atoms with van der Waals surface area (Å²) in [5, 5.41) is 9.13. The zero-order chi connectivity index (χ0) is 10.9. The molecule has 0 atom stereocenters. The number of rotatable bonds is 3. The second-order valence-corrected chi connectivity index (χ2v) is 4.49. The van der Waals surface area contributed by atoms with Gasteiger partial charge in [0.15, 0.2) is 5.88 Å². The van der Waals surface area contributed by atoms with Crippen LogP contribution in [0, 0.1) is 23.7 Å². The van der Waals surface area contributed by atoms with E-state index >= 15 is 0 Å². The van der Waals surface area contributed by atoms with Gasteiger partial charge in [0, 0.05) is 19.7 Å². The van der Waals surface area contributed by atoms with Gasteiger partial charge in [0.05, 0.1) is 11.5 Å². The van der Waals surface area contributed by atoms with E-state index in [4.69, 9.17) is 9.68 Å². The van der Waals surface area contributed by atoms with E-state index in [9.17, 15) is 0 Å². The summed E-state index contributed by atoms with van der Waals surface area (Å²) in [4.78, 5) is 2.04. The molecule has 1 aromatic heterocycles. The maximum absolute atomic E-state index is 9.13. The molecule has 0 bridgehead atoms. The summed E-state index contributed by atoms with van der Waals surface area (Å²) >= 11 is 0. The molecule has 1 aliphatic rings. The topological polar surface area (TPSA) is 40.2 Å². The zero-order valence-electron chi connectivity index (χ0n) is 9.29. The van der Waals surface area contributed by atoms with Gasteiger partial charge in [-0.05, 0) is 25.8 Å². The number of hydrogen-bond acceptors (Lipinski definition) is 3. The average Bonchev–Trinajstić information content (AvgIpc) is 2.58. The van der Waals surface area contributed by atoms with Crippen molar-refractivity contribution in [2.75, 3.05) is 18.5 Å². The number of furan rings is 1. The van der Waals surface area contributed by atoms with Gasteiger partial charge in [-0.1, -0.05) is 6.42 Å². The van der Waals surface area contributed by atoms with E-state index in [1.165, 1.54) is 6.42 Å². The second kappa shape index (κ2) is 3.62. The minimum atomic E-state index is -0.130. The molecule has 2 rings (SSSR count). The Morgan fingerprint density at radius 2 is 2.27 bits per heavy atom. The molecule has 0 spiro atoms. The first kappa shape index (κ1) is 10.1. The average molecular weight is 204 g/mol. The van der Waals surface area contributed by atoms with E-state index in [-0.39, 0.29) is 5.41 Å². The third kappa shape index (κ3) is 1.85. The number of nitrogens with zero attached hydrogens (tertiary/aromatic N) is 2. The summed E-state index contributed by atoms with van der Waals surface area (Å²) in [6, 6.07) is 6.35. The highest BCUT2D eigenvalue weighted by atomic mass is 16.4. The molecule has 1 aliphatic carbocycles. The van der Waals surface area contributed by atoms with Gasteiger partial charge < -0.3 is 9.32 Å².